The summed E-state index contributed by atoms with van der Waals surface area (Å²) in [6, 6.07) is 5.19. The summed E-state index contributed by atoms with van der Waals surface area (Å²) in [6.45, 7) is 0.973. The molecule has 1 aromatic carbocycles. The first-order valence-electron chi connectivity index (χ1n) is 10.3. The Hall–Kier alpha value is -3.59. The minimum Gasteiger partial charge on any atom is -0.477 e. The molecule has 7 nitrogen and oxygen atoms in total. The van der Waals surface area contributed by atoms with Crippen LogP contribution in [0.4, 0.5) is 14.5 Å². The number of nitrogens with zero attached hydrogens (tertiary/aromatic N) is 2. The summed E-state index contributed by atoms with van der Waals surface area (Å²) < 4.78 is 30.3. The Bertz CT molecular complexity index is 1340. The number of hydrogen-bond acceptors (Lipinski definition) is 5. The molecular weight excluding hydrogens is 418 g/mol. The summed E-state index contributed by atoms with van der Waals surface area (Å²) in [5, 5.41) is 9.18. The van der Waals surface area contributed by atoms with Gasteiger partial charge in [0.2, 0.25) is 5.43 Å². The molecule has 2 aliphatic rings. The van der Waals surface area contributed by atoms with Crippen molar-refractivity contribution in [3.63, 3.8) is 0 Å². The molecule has 5 rings (SSSR count). The largest absolute Gasteiger partial charge is 0.477 e. The number of nitrogens with two attached hydrogens (primary N) is 1. The predicted molar refractivity (Wildman–Crippen MR) is 116 cm³/mol. The first-order valence-corrected chi connectivity index (χ1v) is 10.3. The monoisotopic (exact) mass is 438 g/mol. The Balaban J connectivity index is 1.55. The van der Waals surface area contributed by atoms with Gasteiger partial charge in [-0.25, -0.2) is 18.6 Å². The average molecular weight is 438 g/mol. The first kappa shape index (κ1) is 20.3. The Kier molecular flexibility index (Phi) is 4.78. The highest BCUT2D eigenvalue weighted by Crippen LogP contribution is 2.39. The van der Waals surface area contributed by atoms with E-state index in [0.717, 1.165) is 12.6 Å². The number of hydrogen-bond donors (Lipinski definition) is 3. The highest BCUT2D eigenvalue weighted by Gasteiger charge is 2.39. The highest BCUT2D eigenvalue weighted by molar-refractivity contribution is 5.91. The van der Waals surface area contributed by atoms with Crippen LogP contribution in [0.3, 0.4) is 0 Å². The van der Waals surface area contributed by atoms with Crippen molar-refractivity contribution < 1.29 is 18.7 Å². The molecule has 4 N–H and O–H groups in total. The maximum absolute atomic E-state index is 15.6. The molecule has 9 heteroatoms. The third kappa shape index (κ3) is 3.16. The second-order valence-electron chi connectivity index (χ2n) is 8.26. The molecule has 164 valence electrons. The third-order valence-corrected chi connectivity index (χ3v) is 6.41. The van der Waals surface area contributed by atoms with Crippen molar-refractivity contribution in [1.82, 2.24) is 9.97 Å². The number of aromatic amines is 1. The molecule has 1 saturated heterocycles. The van der Waals surface area contributed by atoms with Crippen molar-refractivity contribution >= 4 is 22.7 Å². The standard InChI is InChI=1S/C23H20F2N4O3/c24-16-6-4-12(18-7-5-13-21(30)14(23(31)32)8-27-22(13)28-18)19(25)20(16)29-9-11-2-1-3-17(26)15(11)10-29/h1,3-8,11,15,17H,2,9-10,26H2,(H,31,32)(H,27,28,30). The minimum atomic E-state index is -1.35. The number of benzene rings is 1. The zero-order chi connectivity index (χ0) is 22.6. The Morgan fingerprint density at radius 3 is 2.78 bits per heavy atom. The van der Waals surface area contributed by atoms with Gasteiger partial charge in [-0.15, -0.1) is 0 Å². The van der Waals surface area contributed by atoms with Crippen molar-refractivity contribution in [3.05, 3.63) is 70.0 Å². The molecule has 3 unspecified atom stereocenters. The summed E-state index contributed by atoms with van der Waals surface area (Å²) in [5.74, 6) is -2.37. The van der Waals surface area contributed by atoms with Gasteiger partial charge in [-0.05, 0) is 42.5 Å². The van der Waals surface area contributed by atoms with Gasteiger partial charge in [-0.3, -0.25) is 4.79 Å². The maximum Gasteiger partial charge on any atom is 0.341 e. The molecule has 0 bridgehead atoms. The van der Waals surface area contributed by atoms with Crippen molar-refractivity contribution in [2.75, 3.05) is 18.0 Å². The predicted octanol–water partition coefficient (Wildman–Crippen LogP) is 2.91. The van der Waals surface area contributed by atoms with E-state index < -0.39 is 28.6 Å². The molecule has 0 radical (unpaired) electrons. The van der Waals surface area contributed by atoms with Crippen LogP contribution in [0, 0.1) is 23.5 Å². The van der Waals surface area contributed by atoms with Crippen LogP contribution < -0.4 is 16.1 Å². The van der Waals surface area contributed by atoms with Gasteiger partial charge in [0.15, 0.2) is 5.82 Å². The molecule has 2 aromatic heterocycles. The average Bonchev–Trinajstić information content (AvgIpc) is 3.19. The molecule has 32 heavy (non-hydrogen) atoms. The van der Waals surface area contributed by atoms with Gasteiger partial charge in [-0.1, -0.05) is 12.2 Å². The molecule has 3 aromatic rings. The number of anilines is 1. The number of H-pyrrole nitrogens is 1. The van der Waals surface area contributed by atoms with Crippen molar-refractivity contribution in [2.24, 2.45) is 17.6 Å². The summed E-state index contributed by atoms with van der Waals surface area (Å²) in [7, 11) is 0. The number of pyridine rings is 2. The lowest BCUT2D eigenvalue weighted by Gasteiger charge is -2.25. The van der Waals surface area contributed by atoms with Crippen molar-refractivity contribution in [2.45, 2.75) is 12.5 Å². The number of fused-ring (bicyclic) bond motifs is 2. The SMILES string of the molecule is NC1C=CCC2CN(c3c(F)ccc(-c4ccc5c(=O)c(C(=O)O)c[nH]c5n4)c3F)CC12. The van der Waals surface area contributed by atoms with Crippen LogP contribution in [0.2, 0.25) is 0 Å². The third-order valence-electron chi connectivity index (χ3n) is 6.41. The molecular formula is C23H20F2N4O3. The summed E-state index contributed by atoms with van der Waals surface area (Å²) >= 11 is 0. The van der Waals surface area contributed by atoms with E-state index in [0.29, 0.717) is 13.1 Å². The fourth-order valence-electron chi connectivity index (χ4n) is 4.76. The number of allylic oxidation sites excluding steroid dienone is 1. The van der Waals surface area contributed by atoms with Gasteiger partial charge in [0.25, 0.3) is 0 Å². The lowest BCUT2D eigenvalue weighted by atomic mass is 9.83. The topological polar surface area (TPSA) is 112 Å². The van der Waals surface area contributed by atoms with Gasteiger partial charge < -0.3 is 20.7 Å². The number of carbonyl (C=O) groups is 1. The maximum atomic E-state index is 15.6. The smallest absolute Gasteiger partial charge is 0.341 e. The van der Waals surface area contributed by atoms with Crippen LogP contribution >= 0.6 is 0 Å². The lowest BCUT2D eigenvalue weighted by Crippen LogP contribution is -2.35. The van der Waals surface area contributed by atoms with Crippen LogP contribution in [0.5, 0.6) is 0 Å². The molecule has 1 fully saturated rings. The Labute approximate surface area is 181 Å². The van der Waals surface area contributed by atoms with Gasteiger partial charge in [0.1, 0.15) is 22.7 Å². The van der Waals surface area contributed by atoms with Crippen molar-refractivity contribution in [1.29, 1.82) is 0 Å². The summed E-state index contributed by atoms with van der Waals surface area (Å²) in [4.78, 5) is 32.2. The molecule has 1 aliphatic carbocycles. The summed E-state index contributed by atoms with van der Waals surface area (Å²) in [6.07, 6.45) is 5.85. The fraction of sp³-hybridized carbons (Fsp3) is 0.261. The Morgan fingerprint density at radius 1 is 1.22 bits per heavy atom. The van der Waals surface area contributed by atoms with Gasteiger partial charge in [-0.2, -0.15) is 0 Å². The highest BCUT2D eigenvalue weighted by atomic mass is 19.1. The van der Waals surface area contributed by atoms with Crippen LogP contribution in [0.25, 0.3) is 22.3 Å². The van der Waals surface area contributed by atoms with Crippen LogP contribution in [-0.2, 0) is 0 Å². The van der Waals surface area contributed by atoms with E-state index in [1.165, 1.54) is 24.3 Å². The second kappa shape index (κ2) is 7.52. The number of halogens is 2. The zero-order valence-electron chi connectivity index (χ0n) is 16.9. The van der Waals surface area contributed by atoms with Crippen molar-refractivity contribution in [3.8, 4) is 11.3 Å². The van der Waals surface area contributed by atoms with E-state index in [2.05, 4.69) is 9.97 Å². The quantitative estimate of drug-likeness (QED) is 0.542. The normalized spacial score (nSPS) is 22.3. The van der Waals surface area contributed by atoms with E-state index in [4.69, 9.17) is 10.8 Å². The summed E-state index contributed by atoms with van der Waals surface area (Å²) in [5.41, 5.74) is 5.37. The van der Waals surface area contributed by atoms with E-state index >= 15 is 4.39 Å². The zero-order valence-corrected chi connectivity index (χ0v) is 16.9. The van der Waals surface area contributed by atoms with Gasteiger partial charge >= 0.3 is 5.97 Å². The van der Waals surface area contributed by atoms with E-state index in [-0.39, 0.29) is 45.9 Å². The number of carboxylic acids is 1. The van der Waals surface area contributed by atoms with E-state index in [9.17, 15) is 14.0 Å². The number of rotatable bonds is 3. The van der Waals surface area contributed by atoms with Crippen LogP contribution in [0.1, 0.15) is 16.8 Å². The lowest BCUT2D eigenvalue weighted by molar-refractivity contribution is 0.0695. The van der Waals surface area contributed by atoms with E-state index in [1.54, 1.807) is 4.90 Å². The number of carboxylic acid groups (broad SMARTS) is 1. The van der Waals surface area contributed by atoms with Crippen LogP contribution in [0.15, 0.2) is 47.4 Å². The first-order chi connectivity index (χ1) is 15.3. The second-order valence-corrected chi connectivity index (χ2v) is 8.26. The van der Waals surface area contributed by atoms with Gasteiger partial charge in [0.05, 0.1) is 11.1 Å². The number of nitrogens with one attached hydrogen (secondary N) is 1. The number of aromatic carboxylic acids is 1. The van der Waals surface area contributed by atoms with Crippen LogP contribution in [-0.4, -0.2) is 40.2 Å². The molecule has 3 heterocycles. The van der Waals surface area contributed by atoms with E-state index in [1.807, 2.05) is 12.2 Å². The fourth-order valence-corrected chi connectivity index (χ4v) is 4.76. The number of aromatic nitrogens is 2. The molecule has 1 aliphatic heterocycles. The molecule has 3 atom stereocenters. The molecule has 0 spiro atoms. The molecule has 0 amide bonds. The molecule has 0 saturated carbocycles. The minimum absolute atomic E-state index is 0.0708. The van der Waals surface area contributed by atoms with Gasteiger partial charge in [0, 0.05) is 30.9 Å². The Morgan fingerprint density at radius 2 is 2.03 bits per heavy atom.